The quantitative estimate of drug-likeness (QED) is 0.0262. The van der Waals surface area contributed by atoms with Crippen molar-refractivity contribution < 1.29 is 42.7 Å². The number of phosphoric acid groups is 1. The molecule has 0 aliphatic rings. The highest BCUT2D eigenvalue weighted by atomic mass is 31.2. The average Bonchev–Trinajstić information content (AvgIpc) is 3.06. The van der Waals surface area contributed by atoms with Gasteiger partial charge >= 0.3 is 19.8 Å². The molecule has 0 aliphatic carbocycles. The van der Waals surface area contributed by atoms with Gasteiger partial charge in [0, 0.05) is 6.42 Å². The molecule has 3 unspecified atom stereocenters. The summed E-state index contributed by atoms with van der Waals surface area (Å²) in [5.41, 5.74) is 5.32. The molecule has 3 atom stereocenters. The van der Waals surface area contributed by atoms with Crippen LogP contribution in [0.5, 0.6) is 0 Å². The molecule has 0 spiro atoms. The highest BCUT2D eigenvalue weighted by molar-refractivity contribution is 7.47. The molecule has 10 nitrogen and oxygen atoms in total. The smallest absolute Gasteiger partial charge is 0.472 e. The maximum atomic E-state index is 12.5. The molecule has 0 fully saturated rings. The fourth-order valence-corrected chi connectivity index (χ4v) is 5.09. The summed E-state index contributed by atoms with van der Waals surface area (Å²) in [5, 5.41) is 8.84. The van der Waals surface area contributed by atoms with Gasteiger partial charge in [0.1, 0.15) is 12.1 Å². The van der Waals surface area contributed by atoms with Crippen LogP contribution in [-0.2, 0) is 32.7 Å². The predicted molar refractivity (Wildman–Crippen MR) is 194 cm³/mol. The van der Waals surface area contributed by atoms with Gasteiger partial charge in [-0.2, -0.15) is 0 Å². The first kappa shape index (κ1) is 45.7. The first-order chi connectivity index (χ1) is 23.2. The van der Waals surface area contributed by atoms with Crippen LogP contribution in [0.25, 0.3) is 0 Å². The fourth-order valence-electron chi connectivity index (χ4n) is 4.31. The van der Waals surface area contributed by atoms with Crippen LogP contribution in [-0.4, -0.2) is 60.5 Å². The fraction of sp³-hybridized carbons (Fsp3) is 0.676. The number of carbonyl (C=O) groups excluding carboxylic acids is 1. The minimum atomic E-state index is -4.63. The van der Waals surface area contributed by atoms with Crippen LogP contribution in [0.15, 0.2) is 60.8 Å². The van der Waals surface area contributed by atoms with E-state index in [2.05, 4.69) is 67.0 Å². The SMILES string of the molecule is CC/C=C\C/C=C\C/C=C\C/C=C\C/C=C\CCOCC(COP(=O)(O)OCC(N)C(=O)O)OC(=O)CCCCCCCCCCCC. The number of carboxylic acid groups (broad SMARTS) is 1. The second-order valence-corrected chi connectivity index (χ2v) is 13.1. The number of ether oxygens (including phenoxy) is 2. The third-order valence-electron chi connectivity index (χ3n) is 7.08. The molecule has 276 valence electrons. The number of unbranched alkanes of at least 4 members (excludes halogenated alkanes) is 9. The number of rotatable bonds is 33. The number of carboxylic acids is 1. The second-order valence-electron chi connectivity index (χ2n) is 11.6. The standard InChI is InChI=1S/C37H64NO9P/c1-3-5-7-9-11-13-15-16-17-18-19-20-22-24-26-28-30-44-31-34(32-45-48(42,43)46-33-35(38)37(40)41)47-36(39)29-27-25-23-21-14-12-10-8-6-4-2/h5,7,11,13,16-17,19-20,24,26,34-35H,3-4,6,8-10,12,14-15,18,21-23,25,27-33,38H2,1-2H3,(H,40,41)(H,42,43)/b7-5-,13-11-,17-16-,20-19-,26-24-. The van der Waals surface area contributed by atoms with Crippen molar-refractivity contribution in [2.24, 2.45) is 5.73 Å². The summed E-state index contributed by atoms with van der Waals surface area (Å²) in [7, 11) is -4.63. The molecule has 0 bridgehead atoms. The number of phosphoric ester groups is 1. The van der Waals surface area contributed by atoms with E-state index < -0.39 is 45.1 Å². The molecule has 0 heterocycles. The van der Waals surface area contributed by atoms with Gasteiger partial charge in [-0.15, -0.1) is 0 Å². The number of allylic oxidation sites excluding steroid dienone is 9. The Morgan fingerprint density at radius 1 is 0.688 bits per heavy atom. The molecule has 0 aromatic carbocycles. The van der Waals surface area contributed by atoms with Gasteiger partial charge in [0.2, 0.25) is 0 Å². The van der Waals surface area contributed by atoms with Crippen LogP contribution in [0, 0.1) is 0 Å². The number of nitrogens with two attached hydrogens (primary N) is 1. The normalized spacial score (nSPS) is 14.9. The zero-order chi connectivity index (χ0) is 35.6. The van der Waals surface area contributed by atoms with Crippen molar-refractivity contribution in [3.05, 3.63) is 60.8 Å². The summed E-state index contributed by atoms with van der Waals surface area (Å²) < 4.78 is 33.0. The largest absolute Gasteiger partial charge is 0.480 e. The lowest BCUT2D eigenvalue weighted by Crippen LogP contribution is -2.34. The van der Waals surface area contributed by atoms with Crippen molar-refractivity contribution in [2.45, 2.75) is 135 Å². The van der Waals surface area contributed by atoms with Crippen LogP contribution in [0.3, 0.4) is 0 Å². The van der Waals surface area contributed by atoms with E-state index in [1.807, 2.05) is 12.2 Å². The van der Waals surface area contributed by atoms with Gasteiger partial charge in [0.15, 0.2) is 0 Å². The molecule has 0 amide bonds. The van der Waals surface area contributed by atoms with E-state index in [9.17, 15) is 19.0 Å². The predicted octanol–water partition coefficient (Wildman–Crippen LogP) is 8.91. The first-order valence-corrected chi connectivity index (χ1v) is 19.3. The molecule has 0 saturated carbocycles. The Labute approximate surface area is 290 Å². The monoisotopic (exact) mass is 697 g/mol. The van der Waals surface area contributed by atoms with Crippen LogP contribution in [0.2, 0.25) is 0 Å². The zero-order valence-corrected chi connectivity index (χ0v) is 30.4. The lowest BCUT2D eigenvalue weighted by atomic mass is 10.1. The van der Waals surface area contributed by atoms with Gasteiger partial charge in [0.05, 0.1) is 26.4 Å². The van der Waals surface area contributed by atoms with Crippen LogP contribution >= 0.6 is 7.82 Å². The van der Waals surface area contributed by atoms with Crippen molar-refractivity contribution in [2.75, 3.05) is 26.4 Å². The summed E-state index contributed by atoms with van der Waals surface area (Å²) in [6, 6.07) is -1.48. The Kier molecular flexibility index (Phi) is 31.6. The zero-order valence-electron chi connectivity index (χ0n) is 29.6. The molecule has 0 aliphatic heterocycles. The molecule has 0 aromatic heterocycles. The summed E-state index contributed by atoms with van der Waals surface area (Å²) in [4.78, 5) is 33.3. The van der Waals surface area contributed by atoms with Gasteiger partial charge in [-0.25, -0.2) is 4.57 Å². The summed E-state index contributed by atoms with van der Waals surface area (Å²) in [6.07, 6.45) is 37.3. The molecule has 0 saturated heterocycles. The van der Waals surface area contributed by atoms with E-state index in [1.54, 1.807) is 0 Å². The van der Waals surface area contributed by atoms with Crippen molar-refractivity contribution in [1.82, 2.24) is 0 Å². The van der Waals surface area contributed by atoms with E-state index in [0.717, 1.165) is 51.4 Å². The van der Waals surface area contributed by atoms with Gasteiger partial charge in [-0.1, -0.05) is 132 Å². The first-order valence-electron chi connectivity index (χ1n) is 17.8. The number of aliphatic carboxylic acids is 1. The molecular weight excluding hydrogens is 633 g/mol. The lowest BCUT2D eigenvalue weighted by Gasteiger charge is -2.20. The van der Waals surface area contributed by atoms with E-state index in [4.69, 9.17) is 24.8 Å². The Morgan fingerprint density at radius 2 is 1.17 bits per heavy atom. The molecule has 0 aromatic rings. The van der Waals surface area contributed by atoms with E-state index in [0.29, 0.717) is 19.4 Å². The average molecular weight is 698 g/mol. The Hall–Kier alpha value is -2.33. The van der Waals surface area contributed by atoms with Gasteiger partial charge in [0.25, 0.3) is 0 Å². The number of esters is 1. The topological polar surface area (TPSA) is 155 Å². The molecule has 4 N–H and O–H groups in total. The van der Waals surface area contributed by atoms with Crippen LogP contribution < -0.4 is 5.73 Å². The highest BCUT2D eigenvalue weighted by Crippen LogP contribution is 2.43. The molecule has 48 heavy (non-hydrogen) atoms. The van der Waals surface area contributed by atoms with E-state index in [-0.39, 0.29) is 13.0 Å². The van der Waals surface area contributed by atoms with E-state index in [1.165, 1.54) is 38.5 Å². The van der Waals surface area contributed by atoms with Gasteiger partial charge in [-0.3, -0.25) is 18.6 Å². The van der Waals surface area contributed by atoms with Gasteiger partial charge in [-0.05, 0) is 44.9 Å². The van der Waals surface area contributed by atoms with E-state index >= 15 is 0 Å². The Morgan fingerprint density at radius 3 is 1.69 bits per heavy atom. The maximum absolute atomic E-state index is 12.5. The molecule has 0 rings (SSSR count). The van der Waals surface area contributed by atoms with Crippen molar-refractivity contribution in [1.29, 1.82) is 0 Å². The Balaban J connectivity index is 4.47. The number of carbonyl (C=O) groups is 2. The van der Waals surface area contributed by atoms with Crippen molar-refractivity contribution >= 4 is 19.8 Å². The molecule has 11 heteroatoms. The lowest BCUT2D eigenvalue weighted by molar-refractivity contribution is -0.154. The Bertz CT molecular complexity index is 993. The van der Waals surface area contributed by atoms with Gasteiger partial charge < -0.3 is 25.2 Å². The highest BCUT2D eigenvalue weighted by Gasteiger charge is 2.27. The van der Waals surface area contributed by atoms with Crippen LogP contribution in [0.1, 0.15) is 123 Å². The van der Waals surface area contributed by atoms with Crippen LogP contribution in [0.4, 0.5) is 0 Å². The van der Waals surface area contributed by atoms with Crippen molar-refractivity contribution in [3.63, 3.8) is 0 Å². The third kappa shape index (κ3) is 32.2. The maximum Gasteiger partial charge on any atom is 0.472 e. The summed E-state index contributed by atoms with van der Waals surface area (Å²) >= 11 is 0. The summed E-state index contributed by atoms with van der Waals surface area (Å²) in [5.74, 6) is -1.82. The minimum absolute atomic E-state index is 0.0386. The third-order valence-corrected chi connectivity index (χ3v) is 8.03. The second kappa shape index (κ2) is 33.2. The van der Waals surface area contributed by atoms with Crippen molar-refractivity contribution in [3.8, 4) is 0 Å². The molecule has 0 radical (unpaired) electrons. The number of hydrogen-bond donors (Lipinski definition) is 3. The molecular formula is C37H64NO9P. The minimum Gasteiger partial charge on any atom is -0.480 e. The number of hydrogen-bond acceptors (Lipinski definition) is 8. The summed E-state index contributed by atoms with van der Waals surface area (Å²) in [6.45, 7) is 3.49.